The fraction of sp³-hybridized carbons (Fsp3) is 0.235. The van der Waals surface area contributed by atoms with Gasteiger partial charge in [-0.05, 0) is 25.1 Å². The Morgan fingerprint density at radius 2 is 2.08 bits per heavy atom. The summed E-state index contributed by atoms with van der Waals surface area (Å²) in [6, 6.07) is 5.03. The minimum absolute atomic E-state index is 0.304. The predicted molar refractivity (Wildman–Crippen MR) is 93.6 cm³/mol. The Morgan fingerprint density at radius 3 is 2.92 bits per heavy atom. The molecule has 3 aromatic rings. The summed E-state index contributed by atoms with van der Waals surface area (Å²) in [5.74, 6) is 0.640. The third kappa shape index (κ3) is 2.76. The van der Waals surface area contributed by atoms with Crippen LogP contribution in [0.4, 0.5) is 5.69 Å². The van der Waals surface area contributed by atoms with Crippen LogP contribution in [-0.4, -0.2) is 33.9 Å². The zero-order valence-corrected chi connectivity index (χ0v) is 14.4. The van der Waals surface area contributed by atoms with E-state index in [-0.39, 0.29) is 5.91 Å². The highest BCUT2D eigenvalue weighted by Gasteiger charge is 2.19. The molecule has 0 saturated heterocycles. The lowest BCUT2D eigenvalue weighted by Gasteiger charge is -2.20. The summed E-state index contributed by atoms with van der Waals surface area (Å²) in [6.07, 6.45) is 1.60. The van der Waals surface area contributed by atoms with Crippen molar-refractivity contribution in [1.82, 2.24) is 14.8 Å². The fourth-order valence-electron chi connectivity index (χ4n) is 2.82. The SMILES string of the molecule is Cc1nn(C)c2ncc(NC(=O)c3cc(Cl)c4c(c3)OCCO4)cc12. The topological polar surface area (TPSA) is 78.3 Å². The molecule has 2 aromatic heterocycles. The maximum atomic E-state index is 12.6. The third-order valence-corrected chi connectivity index (χ3v) is 4.26. The van der Waals surface area contributed by atoms with Gasteiger partial charge in [0.2, 0.25) is 0 Å². The molecule has 0 spiro atoms. The summed E-state index contributed by atoms with van der Waals surface area (Å²) in [4.78, 5) is 16.9. The van der Waals surface area contributed by atoms with E-state index >= 15 is 0 Å². The Morgan fingerprint density at radius 1 is 1.28 bits per heavy atom. The van der Waals surface area contributed by atoms with Gasteiger partial charge in [-0.3, -0.25) is 9.48 Å². The van der Waals surface area contributed by atoms with Crippen LogP contribution < -0.4 is 14.8 Å². The number of ether oxygens (including phenoxy) is 2. The largest absolute Gasteiger partial charge is 0.486 e. The highest BCUT2D eigenvalue weighted by Crippen LogP contribution is 2.38. The minimum atomic E-state index is -0.304. The third-order valence-electron chi connectivity index (χ3n) is 3.98. The zero-order valence-electron chi connectivity index (χ0n) is 13.7. The molecule has 1 aliphatic heterocycles. The molecule has 1 aliphatic rings. The number of nitrogens with one attached hydrogen (secondary N) is 1. The van der Waals surface area contributed by atoms with Crippen LogP contribution in [0.25, 0.3) is 11.0 Å². The van der Waals surface area contributed by atoms with Gasteiger partial charge in [-0.15, -0.1) is 0 Å². The second-order valence-corrected chi connectivity index (χ2v) is 6.15. The molecule has 7 nitrogen and oxygen atoms in total. The Labute approximate surface area is 148 Å². The van der Waals surface area contributed by atoms with E-state index in [9.17, 15) is 4.79 Å². The van der Waals surface area contributed by atoms with Crippen molar-refractivity contribution < 1.29 is 14.3 Å². The number of aromatic nitrogens is 3. The van der Waals surface area contributed by atoms with Gasteiger partial charge in [0.05, 0.1) is 22.6 Å². The fourth-order valence-corrected chi connectivity index (χ4v) is 3.09. The quantitative estimate of drug-likeness (QED) is 0.762. The molecule has 4 rings (SSSR count). The maximum absolute atomic E-state index is 12.6. The minimum Gasteiger partial charge on any atom is -0.486 e. The van der Waals surface area contributed by atoms with E-state index in [1.165, 1.54) is 0 Å². The number of carbonyl (C=O) groups excluding carboxylic acids is 1. The van der Waals surface area contributed by atoms with Gasteiger partial charge in [0.15, 0.2) is 17.1 Å². The Hall–Kier alpha value is -2.80. The number of benzene rings is 1. The molecular formula is C17H15ClN4O3. The molecule has 1 aromatic carbocycles. The highest BCUT2D eigenvalue weighted by molar-refractivity contribution is 6.32. The van der Waals surface area contributed by atoms with Crippen molar-refractivity contribution in [2.45, 2.75) is 6.92 Å². The normalized spacial score (nSPS) is 13.1. The van der Waals surface area contributed by atoms with E-state index in [0.29, 0.717) is 41.0 Å². The number of anilines is 1. The summed E-state index contributed by atoms with van der Waals surface area (Å²) >= 11 is 6.19. The average molecular weight is 359 g/mol. The lowest BCUT2D eigenvalue weighted by molar-refractivity contribution is 0.102. The van der Waals surface area contributed by atoms with Gasteiger partial charge >= 0.3 is 0 Å². The smallest absolute Gasteiger partial charge is 0.255 e. The molecule has 0 aliphatic carbocycles. The first kappa shape index (κ1) is 15.7. The maximum Gasteiger partial charge on any atom is 0.255 e. The molecule has 3 heterocycles. The van der Waals surface area contributed by atoms with Crippen LogP contribution in [0.1, 0.15) is 16.1 Å². The molecule has 0 atom stereocenters. The summed E-state index contributed by atoms with van der Waals surface area (Å²) in [7, 11) is 1.83. The first-order valence-corrected chi connectivity index (χ1v) is 8.10. The number of aryl methyl sites for hydroxylation is 2. The molecule has 128 valence electrons. The molecular weight excluding hydrogens is 344 g/mol. The van der Waals surface area contributed by atoms with Crippen molar-refractivity contribution in [3.8, 4) is 11.5 Å². The number of hydrogen-bond acceptors (Lipinski definition) is 5. The number of amides is 1. The zero-order chi connectivity index (χ0) is 17.6. The van der Waals surface area contributed by atoms with Gasteiger partial charge in [-0.1, -0.05) is 11.6 Å². The van der Waals surface area contributed by atoms with Crippen LogP contribution in [-0.2, 0) is 7.05 Å². The number of pyridine rings is 1. The summed E-state index contributed by atoms with van der Waals surface area (Å²) in [6.45, 7) is 2.76. The lowest BCUT2D eigenvalue weighted by Crippen LogP contribution is -2.17. The Bertz CT molecular complexity index is 999. The molecule has 0 radical (unpaired) electrons. The molecule has 0 bridgehead atoms. The number of carbonyl (C=O) groups is 1. The standard InChI is InChI=1S/C17H15ClN4O3/c1-9-12-7-11(8-19-16(12)22(2)21-9)20-17(23)10-5-13(18)15-14(6-10)24-3-4-25-15/h5-8H,3-4H2,1-2H3,(H,20,23). The number of nitrogens with zero attached hydrogens (tertiary/aromatic N) is 3. The van der Waals surface area contributed by atoms with Crippen LogP contribution in [0, 0.1) is 6.92 Å². The second kappa shape index (κ2) is 5.93. The van der Waals surface area contributed by atoms with Crippen LogP contribution in [0.5, 0.6) is 11.5 Å². The van der Waals surface area contributed by atoms with Crippen molar-refractivity contribution in [2.75, 3.05) is 18.5 Å². The molecule has 0 fully saturated rings. The van der Waals surface area contributed by atoms with E-state index < -0.39 is 0 Å². The van der Waals surface area contributed by atoms with Gasteiger partial charge in [-0.25, -0.2) is 4.98 Å². The van der Waals surface area contributed by atoms with Gasteiger partial charge in [0.1, 0.15) is 13.2 Å². The molecule has 0 unspecified atom stereocenters. The van der Waals surface area contributed by atoms with E-state index in [1.54, 1.807) is 23.0 Å². The number of fused-ring (bicyclic) bond motifs is 2. The van der Waals surface area contributed by atoms with Gasteiger partial charge in [0, 0.05) is 18.0 Å². The molecule has 1 N–H and O–H groups in total. The van der Waals surface area contributed by atoms with E-state index in [4.69, 9.17) is 21.1 Å². The Balaban J connectivity index is 1.64. The molecule has 8 heteroatoms. The van der Waals surface area contributed by atoms with E-state index in [2.05, 4.69) is 15.4 Å². The van der Waals surface area contributed by atoms with E-state index in [1.807, 2.05) is 20.0 Å². The Kier molecular flexibility index (Phi) is 3.73. The predicted octanol–water partition coefficient (Wildman–Crippen LogP) is 2.95. The van der Waals surface area contributed by atoms with Crippen molar-refractivity contribution in [2.24, 2.45) is 7.05 Å². The first-order chi connectivity index (χ1) is 12.0. The van der Waals surface area contributed by atoms with Crippen molar-refractivity contribution in [3.05, 3.63) is 40.7 Å². The monoisotopic (exact) mass is 358 g/mol. The van der Waals surface area contributed by atoms with Crippen molar-refractivity contribution in [1.29, 1.82) is 0 Å². The van der Waals surface area contributed by atoms with Crippen molar-refractivity contribution >= 4 is 34.2 Å². The first-order valence-electron chi connectivity index (χ1n) is 7.73. The van der Waals surface area contributed by atoms with Crippen molar-refractivity contribution in [3.63, 3.8) is 0 Å². The summed E-state index contributed by atoms with van der Waals surface area (Å²) in [5, 5.41) is 8.39. The van der Waals surface area contributed by atoms with Crippen LogP contribution >= 0.6 is 11.6 Å². The average Bonchev–Trinajstić information content (AvgIpc) is 2.89. The number of rotatable bonds is 2. The summed E-state index contributed by atoms with van der Waals surface area (Å²) < 4.78 is 12.7. The molecule has 25 heavy (non-hydrogen) atoms. The van der Waals surface area contributed by atoms with Gasteiger partial charge in [0.25, 0.3) is 5.91 Å². The van der Waals surface area contributed by atoms with E-state index in [0.717, 1.165) is 16.7 Å². The van der Waals surface area contributed by atoms with Crippen LogP contribution in [0.3, 0.4) is 0 Å². The number of halogens is 1. The molecule has 1 amide bonds. The van der Waals surface area contributed by atoms with Gasteiger partial charge in [-0.2, -0.15) is 5.10 Å². The summed E-state index contributed by atoms with van der Waals surface area (Å²) in [5.41, 5.74) is 2.58. The second-order valence-electron chi connectivity index (χ2n) is 5.74. The number of hydrogen-bond donors (Lipinski definition) is 1. The van der Waals surface area contributed by atoms with Crippen LogP contribution in [0.15, 0.2) is 24.4 Å². The highest BCUT2D eigenvalue weighted by atomic mass is 35.5. The lowest BCUT2D eigenvalue weighted by atomic mass is 10.1. The van der Waals surface area contributed by atoms with Gasteiger partial charge < -0.3 is 14.8 Å². The molecule has 0 saturated carbocycles. The van der Waals surface area contributed by atoms with Crippen LogP contribution in [0.2, 0.25) is 5.02 Å².